The summed E-state index contributed by atoms with van der Waals surface area (Å²) in [7, 11) is 0. The molecule has 2 fully saturated rings. The van der Waals surface area contributed by atoms with Crippen LogP contribution < -0.4 is 5.32 Å². The Labute approximate surface area is 210 Å². The van der Waals surface area contributed by atoms with Crippen LogP contribution in [-0.2, 0) is 22.5 Å². The van der Waals surface area contributed by atoms with E-state index in [0.717, 1.165) is 47.3 Å². The van der Waals surface area contributed by atoms with Gasteiger partial charge in [-0.15, -0.1) is 0 Å². The Hall–Kier alpha value is -2.78. The van der Waals surface area contributed by atoms with Crippen molar-refractivity contribution >= 4 is 11.9 Å². The first-order valence-corrected chi connectivity index (χ1v) is 12.7. The minimum atomic E-state index is -0.707. The SMILES string of the molecule is Cc1c([C@H](O)C[C@]23CN[C@@H](CN2C[C@@H](O)c2ccc4c(c2)C[C@H](C)OC4=O)C3)ccc2c1COC2=O. The van der Waals surface area contributed by atoms with Crippen LogP contribution >= 0.6 is 0 Å². The van der Waals surface area contributed by atoms with Crippen molar-refractivity contribution < 1.29 is 29.3 Å². The molecule has 3 N–H and O–H groups in total. The number of β-amino-alcohol motifs (C(OH)–C–C–N with tert-alkyl or cyclic N) is 1. The summed E-state index contributed by atoms with van der Waals surface area (Å²) in [6, 6.07) is 9.43. The molecule has 190 valence electrons. The summed E-state index contributed by atoms with van der Waals surface area (Å²) >= 11 is 0. The minimum absolute atomic E-state index is 0.171. The summed E-state index contributed by atoms with van der Waals surface area (Å²) in [6.45, 7) is 6.08. The van der Waals surface area contributed by atoms with Gasteiger partial charge in [-0.1, -0.05) is 18.2 Å². The molecule has 0 spiro atoms. The zero-order valence-corrected chi connectivity index (χ0v) is 20.6. The van der Waals surface area contributed by atoms with E-state index in [4.69, 9.17) is 9.47 Å². The number of hydrogen-bond acceptors (Lipinski definition) is 8. The normalized spacial score (nSPS) is 28.4. The number of ether oxygens (including phenoxy) is 2. The smallest absolute Gasteiger partial charge is 0.338 e. The molecule has 2 saturated heterocycles. The van der Waals surface area contributed by atoms with Gasteiger partial charge in [-0.3, -0.25) is 4.90 Å². The van der Waals surface area contributed by atoms with E-state index in [-0.39, 0.29) is 30.2 Å². The van der Waals surface area contributed by atoms with Gasteiger partial charge in [0.1, 0.15) is 12.7 Å². The second-order valence-corrected chi connectivity index (χ2v) is 10.9. The molecule has 0 aliphatic carbocycles. The fourth-order valence-electron chi connectivity index (χ4n) is 6.62. The van der Waals surface area contributed by atoms with E-state index in [9.17, 15) is 19.8 Å². The number of fused-ring (bicyclic) bond motifs is 4. The number of nitrogens with zero attached hydrogens (tertiary/aromatic N) is 1. The maximum Gasteiger partial charge on any atom is 0.338 e. The molecular weight excluding hydrogens is 460 g/mol. The zero-order valence-electron chi connectivity index (χ0n) is 20.6. The topological polar surface area (TPSA) is 108 Å². The molecule has 36 heavy (non-hydrogen) atoms. The van der Waals surface area contributed by atoms with E-state index in [1.165, 1.54) is 0 Å². The molecule has 2 aromatic carbocycles. The van der Waals surface area contributed by atoms with Crippen molar-refractivity contribution in [3.8, 4) is 0 Å². The summed E-state index contributed by atoms with van der Waals surface area (Å²) in [5.74, 6) is -0.613. The van der Waals surface area contributed by atoms with Crippen molar-refractivity contribution in [2.75, 3.05) is 19.6 Å². The lowest BCUT2D eigenvalue weighted by atomic mass is 9.85. The third-order valence-electron chi connectivity index (χ3n) is 8.54. The predicted molar refractivity (Wildman–Crippen MR) is 131 cm³/mol. The molecule has 0 unspecified atom stereocenters. The molecule has 4 aliphatic heterocycles. The second-order valence-electron chi connectivity index (χ2n) is 10.9. The Kier molecular flexibility index (Phi) is 5.68. The lowest BCUT2D eigenvalue weighted by Gasteiger charge is -2.41. The summed E-state index contributed by atoms with van der Waals surface area (Å²) in [5.41, 5.74) is 5.20. The number of piperazine rings is 1. The monoisotopic (exact) mass is 492 g/mol. The number of aliphatic hydroxyl groups excluding tert-OH is 2. The molecule has 0 saturated carbocycles. The Morgan fingerprint density at radius 1 is 1.14 bits per heavy atom. The molecule has 4 heterocycles. The van der Waals surface area contributed by atoms with Crippen molar-refractivity contribution in [1.82, 2.24) is 10.2 Å². The van der Waals surface area contributed by atoms with Gasteiger partial charge in [-0.2, -0.15) is 0 Å². The van der Waals surface area contributed by atoms with E-state index < -0.39 is 12.2 Å². The van der Waals surface area contributed by atoms with E-state index in [2.05, 4.69) is 10.2 Å². The molecule has 4 aliphatic rings. The number of aliphatic hydroxyl groups is 2. The average Bonchev–Trinajstić information content (AvgIpc) is 3.52. The van der Waals surface area contributed by atoms with Crippen molar-refractivity contribution in [1.29, 1.82) is 0 Å². The lowest BCUT2D eigenvalue weighted by Crippen LogP contribution is -2.54. The molecule has 8 heteroatoms. The van der Waals surface area contributed by atoms with Crippen LogP contribution in [0, 0.1) is 6.92 Å². The largest absolute Gasteiger partial charge is 0.459 e. The van der Waals surface area contributed by atoms with Gasteiger partial charge in [0.25, 0.3) is 0 Å². The number of hydrogen-bond donors (Lipinski definition) is 3. The highest BCUT2D eigenvalue weighted by molar-refractivity contribution is 5.94. The van der Waals surface area contributed by atoms with E-state index in [0.29, 0.717) is 36.6 Å². The third-order valence-corrected chi connectivity index (χ3v) is 8.54. The Morgan fingerprint density at radius 3 is 2.75 bits per heavy atom. The fourth-order valence-corrected chi connectivity index (χ4v) is 6.62. The molecule has 0 radical (unpaired) electrons. The first-order valence-electron chi connectivity index (χ1n) is 12.7. The molecule has 2 aromatic rings. The first kappa shape index (κ1) is 23.6. The van der Waals surface area contributed by atoms with E-state index in [1.807, 2.05) is 32.0 Å². The third kappa shape index (κ3) is 3.84. The number of esters is 2. The molecule has 2 bridgehead atoms. The van der Waals surface area contributed by atoms with Crippen molar-refractivity contribution in [2.45, 2.75) is 69.6 Å². The van der Waals surface area contributed by atoms with Gasteiger partial charge in [0, 0.05) is 43.2 Å². The van der Waals surface area contributed by atoms with Crippen LogP contribution in [-0.4, -0.2) is 64.4 Å². The van der Waals surface area contributed by atoms with E-state index in [1.54, 1.807) is 12.1 Å². The van der Waals surface area contributed by atoms with Crippen LogP contribution in [0.1, 0.15) is 80.5 Å². The van der Waals surface area contributed by atoms with E-state index >= 15 is 0 Å². The quantitative estimate of drug-likeness (QED) is 0.528. The Morgan fingerprint density at radius 2 is 1.94 bits per heavy atom. The molecule has 6 rings (SSSR count). The molecule has 0 amide bonds. The first-order chi connectivity index (χ1) is 17.2. The average molecular weight is 493 g/mol. The maximum atomic E-state index is 12.2. The standard InChI is InChI=1S/C28H32N2O6/c1-15-7-18-8-17(3-4-21(18)27(34)36-15)25(32)12-30-11-19-9-28(30,14-29-19)10-24(31)20-5-6-22-23(16(20)2)13-35-26(22)33/h3-6,8,15,19,24-25,29,31-32H,7,9-14H2,1-2H3/t15-,19+,24+,25+,28+/m0/s1. The number of nitrogens with one attached hydrogen (secondary N) is 1. The molecule has 5 atom stereocenters. The molecule has 8 nitrogen and oxygen atoms in total. The number of cyclic esters (lactones) is 2. The van der Waals surface area contributed by atoms with Gasteiger partial charge in [0.15, 0.2) is 0 Å². The summed E-state index contributed by atoms with van der Waals surface area (Å²) < 4.78 is 10.5. The second kappa shape index (κ2) is 8.66. The van der Waals surface area contributed by atoms with Crippen LogP contribution in [0.3, 0.4) is 0 Å². The summed E-state index contributed by atoms with van der Waals surface area (Å²) in [4.78, 5) is 26.4. The number of rotatable bonds is 6. The van der Waals surface area contributed by atoms with Gasteiger partial charge in [-0.05, 0) is 61.1 Å². The van der Waals surface area contributed by atoms with Gasteiger partial charge in [-0.25, -0.2) is 9.59 Å². The van der Waals surface area contributed by atoms with Crippen molar-refractivity contribution in [2.24, 2.45) is 0 Å². The highest BCUT2D eigenvalue weighted by atomic mass is 16.5. The van der Waals surface area contributed by atoms with Crippen LogP contribution in [0.4, 0.5) is 0 Å². The number of carbonyl (C=O) groups is 2. The number of carbonyl (C=O) groups excluding carboxylic acids is 2. The van der Waals surface area contributed by atoms with Gasteiger partial charge < -0.3 is 25.0 Å². The molecular formula is C28H32N2O6. The molecule has 0 aromatic heterocycles. The fraction of sp³-hybridized carbons (Fsp3) is 0.500. The lowest BCUT2D eigenvalue weighted by molar-refractivity contribution is 0.0213. The zero-order chi connectivity index (χ0) is 25.2. The van der Waals surface area contributed by atoms with Gasteiger partial charge in [0.2, 0.25) is 0 Å². The highest BCUT2D eigenvalue weighted by Gasteiger charge is 2.51. The van der Waals surface area contributed by atoms with Crippen LogP contribution in [0.2, 0.25) is 0 Å². The van der Waals surface area contributed by atoms with Crippen molar-refractivity contribution in [3.05, 3.63) is 69.3 Å². The minimum Gasteiger partial charge on any atom is -0.459 e. The maximum absolute atomic E-state index is 12.2. The van der Waals surface area contributed by atoms with Gasteiger partial charge in [0.05, 0.1) is 23.3 Å². The van der Waals surface area contributed by atoms with Crippen LogP contribution in [0.5, 0.6) is 0 Å². The summed E-state index contributed by atoms with van der Waals surface area (Å²) in [5, 5.41) is 26.1. The van der Waals surface area contributed by atoms with Crippen molar-refractivity contribution in [3.63, 3.8) is 0 Å². The number of likely N-dealkylation sites (tertiary alicyclic amines) is 1. The Bertz CT molecular complexity index is 1240. The van der Waals surface area contributed by atoms with Crippen LogP contribution in [0.25, 0.3) is 0 Å². The van der Waals surface area contributed by atoms with Crippen LogP contribution in [0.15, 0.2) is 30.3 Å². The number of benzene rings is 2. The summed E-state index contributed by atoms with van der Waals surface area (Å²) in [6.07, 6.45) is 0.517. The predicted octanol–water partition coefficient (Wildman–Crippen LogP) is 2.34. The Balaban J connectivity index is 1.20. The highest BCUT2D eigenvalue weighted by Crippen LogP contribution is 2.43. The van der Waals surface area contributed by atoms with Gasteiger partial charge >= 0.3 is 11.9 Å².